The first kappa shape index (κ1) is 14.5. The maximum atomic E-state index is 6.29. The highest BCUT2D eigenvalue weighted by Gasteiger charge is 2.23. The standard InChI is InChI=1S/C14H19N3S2/c1-4-11(15)13(12-9(2)6-8-18-12)19-14-16-7-5-10(3)17-14/h5-8,11,13H,4,15H2,1-3H3. The molecule has 0 spiro atoms. The number of hydrogen-bond acceptors (Lipinski definition) is 5. The van der Waals surface area contributed by atoms with Gasteiger partial charge >= 0.3 is 0 Å². The van der Waals surface area contributed by atoms with Gasteiger partial charge in [0.1, 0.15) is 0 Å². The molecule has 0 saturated carbocycles. The lowest BCUT2D eigenvalue weighted by atomic mass is 10.1. The minimum atomic E-state index is 0.117. The topological polar surface area (TPSA) is 51.8 Å². The van der Waals surface area contributed by atoms with Crippen molar-refractivity contribution in [3.63, 3.8) is 0 Å². The van der Waals surface area contributed by atoms with Gasteiger partial charge in [0, 0.05) is 22.8 Å². The number of nitrogens with zero attached hydrogens (tertiary/aromatic N) is 2. The van der Waals surface area contributed by atoms with Crippen LogP contribution in [-0.2, 0) is 0 Å². The Balaban J connectivity index is 2.27. The van der Waals surface area contributed by atoms with E-state index in [2.05, 4.69) is 35.3 Å². The summed E-state index contributed by atoms with van der Waals surface area (Å²) in [6.07, 6.45) is 2.75. The van der Waals surface area contributed by atoms with Crippen LogP contribution in [0.3, 0.4) is 0 Å². The molecule has 0 saturated heterocycles. The number of nitrogens with two attached hydrogens (primary N) is 1. The molecule has 19 heavy (non-hydrogen) atoms. The summed E-state index contributed by atoms with van der Waals surface area (Å²) in [6.45, 7) is 6.24. The van der Waals surface area contributed by atoms with Crippen molar-refractivity contribution in [1.82, 2.24) is 9.97 Å². The van der Waals surface area contributed by atoms with Crippen LogP contribution in [0.15, 0.2) is 28.9 Å². The SMILES string of the molecule is CCC(N)C(Sc1nccc(C)n1)c1sccc1C. The second-order valence-electron chi connectivity index (χ2n) is 4.56. The minimum Gasteiger partial charge on any atom is -0.326 e. The summed E-state index contributed by atoms with van der Waals surface area (Å²) in [4.78, 5) is 10.1. The van der Waals surface area contributed by atoms with Crippen molar-refractivity contribution in [2.24, 2.45) is 5.73 Å². The van der Waals surface area contributed by atoms with E-state index < -0.39 is 0 Å². The Kier molecular flexibility index (Phi) is 4.96. The minimum absolute atomic E-state index is 0.117. The number of aromatic nitrogens is 2. The molecule has 0 aliphatic heterocycles. The molecule has 2 unspecified atom stereocenters. The van der Waals surface area contributed by atoms with E-state index in [4.69, 9.17) is 5.73 Å². The van der Waals surface area contributed by atoms with E-state index in [0.29, 0.717) is 0 Å². The molecule has 2 aromatic heterocycles. The first-order valence-corrected chi connectivity index (χ1v) is 8.13. The monoisotopic (exact) mass is 293 g/mol. The molecule has 2 aromatic rings. The Bertz CT molecular complexity index is 539. The van der Waals surface area contributed by atoms with Crippen molar-refractivity contribution in [3.8, 4) is 0 Å². The first-order chi connectivity index (χ1) is 9.11. The molecule has 2 rings (SSSR count). The molecule has 0 aliphatic rings. The van der Waals surface area contributed by atoms with Gasteiger partial charge in [-0.2, -0.15) is 0 Å². The third-order valence-corrected chi connectivity index (χ3v) is 5.52. The fourth-order valence-corrected chi connectivity index (χ4v) is 4.32. The van der Waals surface area contributed by atoms with E-state index in [1.54, 1.807) is 29.3 Å². The van der Waals surface area contributed by atoms with Gasteiger partial charge in [-0.25, -0.2) is 9.97 Å². The summed E-state index contributed by atoms with van der Waals surface area (Å²) >= 11 is 3.44. The molecule has 2 atom stereocenters. The second-order valence-corrected chi connectivity index (χ2v) is 6.62. The number of hydrogen-bond donors (Lipinski definition) is 1. The molecule has 0 fully saturated rings. The Morgan fingerprint density at radius 1 is 1.37 bits per heavy atom. The Hall–Kier alpha value is -0.910. The van der Waals surface area contributed by atoms with E-state index in [-0.39, 0.29) is 11.3 Å². The molecule has 102 valence electrons. The fourth-order valence-electron chi connectivity index (χ4n) is 1.82. The number of thiophene rings is 1. The summed E-state index contributed by atoms with van der Waals surface area (Å²) < 4.78 is 0. The number of rotatable bonds is 5. The van der Waals surface area contributed by atoms with Crippen molar-refractivity contribution in [2.45, 2.75) is 43.6 Å². The second kappa shape index (κ2) is 6.50. The van der Waals surface area contributed by atoms with Crippen molar-refractivity contribution in [2.75, 3.05) is 0 Å². The summed E-state index contributed by atoms with van der Waals surface area (Å²) in [5.74, 6) is 0. The van der Waals surface area contributed by atoms with Crippen LogP contribution in [0, 0.1) is 13.8 Å². The van der Waals surface area contributed by atoms with Crippen molar-refractivity contribution in [1.29, 1.82) is 0 Å². The van der Waals surface area contributed by atoms with E-state index in [0.717, 1.165) is 17.3 Å². The lowest BCUT2D eigenvalue weighted by molar-refractivity contribution is 0.636. The Labute approximate surface area is 122 Å². The highest BCUT2D eigenvalue weighted by Crippen LogP contribution is 2.40. The van der Waals surface area contributed by atoms with E-state index in [1.165, 1.54) is 10.4 Å². The van der Waals surface area contributed by atoms with Crippen molar-refractivity contribution >= 4 is 23.1 Å². The van der Waals surface area contributed by atoms with Gasteiger partial charge in [-0.3, -0.25) is 0 Å². The van der Waals surface area contributed by atoms with E-state index >= 15 is 0 Å². The molecule has 2 N–H and O–H groups in total. The van der Waals surface area contributed by atoms with Crippen LogP contribution < -0.4 is 5.73 Å². The van der Waals surface area contributed by atoms with Crippen LogP contribution in [0.25, 0.3) is 0 Å². The van der Waals surface area contributed by atoms with Gasteiger partial charge in [0.2, 0.25) is 0 Å². The predicted octanol–water partition coefficient (Wildman–Crippen LogP) is 3.73. The average molecular weight is 293 g/mol. The first-order valence-electron chi connectivity index (χ1n) is 6.37. The summed E-state index contributed by atoms with van der Waals surface area (Å²) in [5, 5.41) is 3.16. The molecular weight excluding hydrogens is 274 g/mol. The van der Waals surface area contributed by atoms with Crippen LogP contribution in [0.4, 0.5) is 0 Å². The van der Waals surface area contributed by atoms with Gasteiger partial charge in [0.15, 0.2) is 5.16 Å². The highest BCUT2D eigenvalue weighted by atomic mass is 32.2. The number of thioether (sulfide) groups is 1. The molecule has 0 radical (unpaired) electrons. The van der Waals surface area contributed by atoms with Gasteiger partial charge in [-0.05, 0) is 43.3 Å². The molecular formula is C14H19N3S2. The Morgan fingerprint density at radius 2 is 2.16 bits per heavy atom. The number of aryl methyl sites for hydroxylation is 2. The summed E-state index contributed by atoms with van der Waals surface area (Å²) in [7, 11) is 0. The van der Waals surface area contributed by atoms with Crippen molar-refractivity contribution < 1.29 is 0 Å². The summed E-state index contributed by atoms with van der Waals surface area (Å²) in [6, 6.07) is 4.17. The molecule has 0 amide bonds. The molecule has 3 nitrogen and oxygen atoms in total. The van der Waals surface area contributed by atoms with Crippen molar-refractivity contribution in [3.05, 3.63) is 39.8 Å². The molecule has 5 heteroatoms. The van der Waals surface area contributed by atoms with Gasteiger partial charge < -0.3 is 5.73 Å². The van der Waals surface area contributed by atoms with Gasteiger partial charge in [0.05, 0.1) is 5.25 Å². The van der Waals surface area contributed by atoms with E-state index in [1.807, 2.05) is 13.0 Å². The third-order valence-electron chi connectivity index (χ3n) is 3.03. The lowest BCUT2D eigenvalue weighted by Crippen LogP contribution is -2.25. The molecule has 0 aliphatic carbocycles. The zero-order chi connectivity index (χ0) is 13.8. The van der Waals surface area contributed by atoms with Gasteiger partial charge in [-0.1, -0.05) is 18.7 Å². The van der Waals surface area contributed by atoms with E-state index in [9.17, 15) is 0 Å². The normalized spacial score (nSPS) is 14.3. The fraction of sp³-hybridized carbons (Fsp3) is 0.429. The third kappa shape index (κ3) is 3.55. The maximum absolute atomic E-state index is 6.29. The van der Waals surface area contributed by atoms with Gasteiger partial charge in [0.25, 0.3) is 0 Å². The van der Waals surface area contributed by atoms with Crippen LogP contribution in [0.5, 0.6) is 0 Å². The van der Waals surface area contributed by atoms with Crippen LogP contribution in [0.2, 0.25) is 0 Å². The van der Waals surface area contributed by atoms with Gasteiger partial charge in [-0.15, -0.1) is 11.3 Å². The predicted molar refractivity (Wildman–Crippen MR) is 82.7 cm³/mol. The maximum Gasteiger partial charge on any atom is 0.188 e. The van der Waals surface area contributed by atoms with Crippen LogP contribution >= 0.6 is 23.1 Å². The molecule has 0 aromatic carbocycles. The smallest absolute Gasteiger partial charge is 0.188 e. The average Bonchev–Trinajstić information content (AvgIpc) is 2.81. The zero-order valence-electron chi connectivity index (χ0n) is 11.5. The van der Waals surface area contributed by atoms with Crippen LogP contribution in [-0.4, -0.2) is 16.0 Å². The lowest BCUT2D eigenvalue weighted by Gasteiger charge is -2.21. The largest absolute Gasteiger partial charge is 0.326 e. The quantitative estimate of drug-likeness (QED) is 0.674. The molecule has 2 heterocycles. The highest BCUT2D eigenvalue weighted by molar-refractivity contribution is 7.99. The zero-order valence-corrected chi connectivity index (χ0v) is 13.1. The van der Waals surface area contributed by atoms with Crippen LogP contribution in [0.1, 0.15) is 34.7 Å². The Morgan fingerprint density at radius 3 is 2.74 bits per heavy atom. The molecule has 0 bridgehead atoms. The summed E-state index contributed by atoms with van der Waals surface area (Å²) in [5.41, 5.74) is 8.59.